The fraction of sp³-hybridized carbons (Fsp3) is 0.125. The first-order valence-electron chi connectivity index (χ1n) is 9.70. The first kappa shape index (κ1) is 23.1. The van der Waals surface area contributed by atoms with Crippen molar-refractivity contribution in [2.24, 2.45) is 0 Å². The second-order valence-corrected chi connectivity index (χ2v) is 9.23. The van der Waals surface area contributed by atoms with Crippen LogP contribution in [0.4, 0.5) is 13.2 Å². The highest BCUT2D eigenvalue weighted by Crippen LogP contribution is 2.54. The second kappa shape index (κ2) is 9.04. The van der Waals surface area contributed by atoms with Crippen molar-refractivity contribution in [2.75, 3.05) is 0 Å². The molecule has 2 aromatic carbocycles. The molecule has 33 heavy (non-hydrogen) atoms. The largest absolute Gasteiger partial charge is 0.417 e. The Balaban J connectivity index is 1.95. The summed E-state index contributed by atoms with van der Waals surface area (Å²) in [5, 5.41) is 10.7. The number of pyridine rings is 1. The molecule has 4 nitrogen and oxygen atoms in total. The van der Waals surface area contributed by atoms with Gasteiger partial charge in [0.2, 0.25) is 0 Å². The van der Waals surface area contributed by atoms with E-state index in [1.54, 1.807) is 30.3 Å². The minimum absolute atomic E-state index is 0.0483. The number of nitrogens with one attached hydrogen (secondary N) is 1. The molecule has 0 amide bonds. The molecule has 1 N–H and O–H groups in total. The molecule has 3 aromatic rings. The summed E-state index contributed by atoms with van der Waals surface area (Å²) in [5.74, 6) is -0.700. The third-order valence-electron chi connectivity index (χ3n) is 5.24. The lowest BCUT2D eigenvalue weighted by atomic mass is 9.82. The van der Waals surface area contributed by atoms with E-state index in [1.807, 2.05) is 6.07 Å². The number of thioether (sulfide) groups is 1. The lowest BCUT2D eigenvalue weighted by Crippen LogP contribution is -2.58. The van der Waals surface area contributed by atoms with Crippen LogP contribution >= 0.6 is 27.7 Å². The zero-order valence-corrected chi connectivity index (χ0v) is 19.2. The van der Waals surface area contributed by atoms with Crippen LogP contribution in [-0.4, -0.2) is 22.2 Å². The fourth-order valence-corrected chi connectivity index (χ4v) is 5.40. The van der Waals surface area contributed by atoms with Gasteiger partial charge in [0.25, 0.3) is 0 Å². The molecule has 1 saturated heterocycles. The zero-order valence-electron chi connectivity index (χ0n) is 16.8. The molecule has 166 valence electrons. The highest BCUT2D eigenvalue weighted by Gasteiger charge is 2.67. The minimum Gasteiger partial charge on any atom is -0.360 e. The number of rotatable bonds is 4. The minimum atomic E-state index is -4.86. The Labute approximate surface area is 200 Å². The molecule has 2 unspecified atom stereocenters. The third-order valence-corrected chi connectivity index (χ3v) is 7.12. The predicted molar refractivity (Wildman–Crippen MR) is 124 cm³/mol. The second-order valence-electron chi connectivity index (χ2n) is 7.20. The molecular formula is C24H15BrF3N3OS. The number of halogens is 4. The van der Waals surface area contributed by atoms with E-state index in [9.17, 15) is 23.2 Å². The SMILES string of the molecule is N#C/C(=C1\NC(c2ccccc2)(C(F)(F)F)C(C(=O)c2ccc(Br)cc2)S1)c1ccccn1. The van der Waals surface area contributed by atoms with Crippen LogP contribution in [0.2, 0.25) is 0 Å². The zero-order chi connectivity index (χ0) is 23.6. The van der Waals surface area contributed by atoms with Crippen molar-refractivity contribution < 1.29 is 18.0 Å². The Bertz CT molecular complexity index is 1240. The van der Waals surface area contributed by atoms with E-state index in [0.29, 0.717) is 16.2 Å². The Hall–Kier alpha value is -3.09. The van der Waals surface area contributed by atoms with Crippen LogP contribution in [0.25, 0.3) is 5.57 Å². The van der Waals surface area contributed by atoms with Gasteiger partial charge in [0, 0.05) is 16.2 Å². The number of hydrogen-bond acceptors (Lipinski definition) is 5. The molecule has 1 aliphatic heterocycles. The number of ketones is 1. The highest BCUT2D eigenvalue weighted by molar-refractivity contribution is 9.10. The molecule has 0 spiro atoms. The summed E-state index contributed by atoms with van der Waals surface area (Å²) in [6, 6.07) is 20.2. The number of aromatic nitrogens is 1. The lowest BCUT2D eigenvalue weighted by molar-refractivity contribution is -0.193. The van der Waals surface area contributed by atoms with Gasteiger partial charge in [-0.15, -0.1) is 0 Å². The number of carbonyl (C=O) groups excluding carboxylic acids is 1. The smallest absolute Gasteiger partial charge is 0.360 e. The monoisotopic (exact) mass is 529 g/mol. The van der Waals surface area contributed by atoms with Crippen LogP contribution in [0.1, 0.15) is 21.6 Å². The lowest BCUT2D eigenvalue weighted by Gasteiger charge is -2.36. The van der Waals surface area contributed by atoms with E-state index in [2.05, 4.69) is 26.2 Å². The van der Waals surface area contributed by atoms with Crippen LogP contribution < -0.4 is 5.32 Å². The number of carbonyl (C=O) groups is 1. The van der Waals surface area contributed by atoms with Crippen molar-refractivity contribution in [2.45, 2.75) is 17.0 Å². The first-order valence-corrected chi connectivity index (χ1v) is 11.4. The van der Waals surface area contributed by atoms with Gasteiger partial charge in [-0.2, -0.15) is 18.4 Å². The summed E-state index contributed by atoms with van der Waals surface area (Å²) in [4.78, 5) is 17.6. The maximum atomic E-state index is 14.9. The Kier molecular flexibility index (Phi) is 6.32. The molecule has 9 heteroatoms. The van der Waals surface area contributed by atoms with Crippen LogP contribution in [-0.2, 0) is 5.54 Å². The van der Waals surface area contributed by atoms with Gasteiger partial charge in [0.05, 0.1) is 10.7 Å². The number of nitrogens with zero attached hydrogens (tertiary/aromatic N) is 2. The normalized spacial score (nSPS) is 21.7. The van der Waals surface area contributed by atoms with Crippen LogP contribution in [0.15, 0.2) is 88.5 Å². The van der Waals surface area contributed by atoms with Gasteiger partial charge in [-0.3, -0.25) is 9.78 Å². The van der Waals surface area contributed by atoms with Gasteiger partial charge in [0.15, 0.2) is 11.3 Å². The molecule has 1 fully saturated rings. The summed E-state index contributed by atoms with van der Waals surface area (Å²) in [6.07, 6.45) is -3.41. The third kappa shape index (κ3) is 4.16. The van der Waals surface area contributed by atoms with Crippen LogP contribution in [0.5, 0.6) is 0 Å². The summed E-state index contributed by atoms with van der Waals surface area (Å²) in [6.45, 7) is 0. The molecular weight excluding hydrogens is 515 g/mol. The molecule has 0 saturated carbocycles. The summed E-state index contributed by atoms with van der Waals surface area (Å²) in [5.41, 5.74) is -2.56. The van der Waals surface area contributed by atoms with E-state index in [1.165, 1.54) is 48.7 Å². The Morgan fingerprint density at radius 2 is 1.73 bits per heavy atom. The fourth-order valence-electron chi connectivity index (χ4n) is 3.66. The van der Waals surface area contributed by atoms with Gasteiger partial charge in [0.1, 0.15) is 16.9 Å². The number of Topliss-reactive ketones (excluding diaryl/α,β-unsaturated/α-hetero) is 1. The number of nitriles is 1. The van der Waals surface area contributed by atoms with Gasteiger partial charge < -0.3 is 5.32 Å². The maximum absolute atomic E-state index is 14.9. The van der Waals surface area contributed by atoms with Gasteiger partial charge in [-0.25, -0.2) is 0 Å². The molecule has 0 aliphatic carbocycles. The molecule has 4 rings (SSSR count). The molecule has 2 atom stereocenters. The van der Waals surface area contributed by atoms with Crippen LogP contribution in [0, 0.1) is 11.3 Å². The first-order chi connectivity index (χ1) is 15.8. The van der Waals surface area contributed by atoms with E-state index < -0.39 is 22.7 Å². The molecule has 1 aliphatic rings. The average molecular weight is 530 g/mol. The summed E-state index contributed by atoms with van der Waals surface area (Å²) < 4.78 is 45.3. The molecule has 0 radical (unpaired) electrons. The van der Waals surface area contributed by atoms with Crippen molar-refractivity contribution >= 4 is 39.0 Å². The van der Waals surface area contributed by atoms with Crippen molar-refractivity contribution in [1.29, 1.82) is 5.26 Å². The van der Waals surface area contributed by atoms with E-state index in [0.717, 1.165) is 0 Å². The molecule has 2 heterocycles. The van der Waals surface area contributed by atoms with Gasteiger partial charge >= 0.3 is 6.18 Å². The van der Waals surface area contributed by atoms with Crippen molar-refractivity contribution in [3.05, 3.63) is 105 Å². The van der Waals surface area contributed by atoms with Crippen molar-refractivity contribution in [3.8, 4) is 6.07 Å². The van der Waals surface area contributed by atoms with E-state index in [4.69, 9.17) is 0 Å². The van der Waals surface area contributed by atoms with Crippen LogP contribution in [0.3, 0.4) is 0 Å². The van der Waals surface area contributed by atoms with E-state index in [-0.39, 0.29) is 27.4 Å². The standard InChI is InChI=1S/C24H15BrF3N3OS/c25-17-11-9-15(10-12-17)20(32)21-23(24(26,27)28,16-6-2-1-3-7-16)31-22(33-21)18(14-29)19-8-4-5-13-30-19/h1-13,21,31H/b22-18-. The average Bonchev–Trinajstić information content (AvgIpc) is 3.23. The van der Waals surface area contributed by atoms with E-state index >= 15 is 0 Å². The number of alkyl halides is 3. The van der Waals surface area contributed by atoms with Gasteiger partial charge in [-0.1, -0.05) is 76.2 Å². The van der Waals surface area contributed by atoms with Gasteiger partial charge in [-0.05, 0) is 29.8 Å². The van der Waals surface area contributed by atoms with Crippen molar-refractivity contribution in [3.63, 3.8) is 0 Å². The predicted octanol–water partition coefficient (Wildman–Crippen LogP) is 6.08. The molecule has 0 bridgehead atoms. The topological polar surface area (TPSA) is 65.8 Å². The maximum Gasteiger partial charge on any atom is 0.417 e. The summed E-state index contributed by atoms with van der Waals surface area (Å²) in [7, 11) is 0. The summed E-state index contributed by atoms with van der Waals surface area (Å²) >= 11 is 3.97. The quantitative estimate of drug-likeness (QED) is 0.327. The van der Waals surface area contributed by atoms with Crippen molar-refractivity contribution in [1.82, 2.24) is 10.3 Å². The number of hydrogen-bond donors (Lipinski definition) is 1. The Morgan fingerprint density at radius 1 is 1.06 bits per heavy atom. The Morgan fingerprint density at radius 3 is 2.30 bits per heavy atom. The number of benzene rings is 2. The number of allylic oxidation sites excluding steroid dienone is 1. The highest BCUT2D eigenvalue weighted by atomic mass is 79.9. The molecule has 1 aromatic heterocycles.